The molecule has 1 aliphatic heterocycles. The van der Waals surface area contributed by atoms with E-state index in [2.05, 4.69) is 10.3 Å². The van der Waals surface area contributed by atoms with Gasteiger partial charge in [0, 0.05) is 17.9 Å². The molecule has 1 atom stereocenters. The van der Waals surface area contributed by atoms with E-state index in [-0.39, 0.29) is 12.0 Å². The molecular weight excluding hydrogens is 304 g/mol. The van der Waals surface area contributed by atoms with Crippen LogP contribution < -0.4 is 5.32 Å². The summed E-state index contributed by atoms with van der Waals surface area (Å²) in [4.78, 5) is 16.6. The lowest BCUT2D eigenvalue weighted by Crippen LogP contribution is -2.26. The van der Waals surface area contributed by atoms with E-state index >= 15 is 0 Å². The maximum absolute atomic E-state index is 12.1. The highest BCUT2D eigenvalue weighted by molar-refractivity contribution is 5.94. The first-order valence-electron chi connectivity index (χ1n) is 8.09. The van der Waals surface area contributed by atoms with Gasteiger partial charge in [-0.3, -0.25) is 4.79 Å². The highest BCUT2D eigenvalue weighted by Gasteiger charge is 2.23. The Morgan fingerprint density at radius 2 is 2.04 bits per heavy atom. The summed E-state index contributed by atoms with van der Waals surface area (Å²) in [6.07, 6.45) is 1.39. The fourth-order valence-electron chi connectivity index (χ4n) is 2.86. The molecule has 0 radical (unpaired) electrons. The third-order valence-electron chi connectivity index (χ3n) is 4.16. The first-order valence-corrected chi connectivity index (χ1v) is 8.09. The maximum atomic E-state index is 12.1. The van der Waals surface area contributed by atoms with Crippen molar-refractivity contribution in [1.82, 2.24) is 4.98 Å². The van der Waals surface area contributed by atoms with Crippen molar-refractivity contribution < 1.29 is 13.9 Å². The highest BCUT2D eigenvalue weighted by Crippen LogP contribution is 2.26. The maximum Gasteiger partial charge on any atom is 0.253 e. The average Bonchev–Trinajstić information content (AvgIpc) is 3.24. The van der Waals surface area contributed by atoms with Gasteiger partial charge in [0.25, 0.3) is 5.91 Å². The number of rotatable bonds is 3. The van der Waals surface area contributed by atoms with Gasteiger partial charge in [-0.1, -0.05) is 6.07 Å². The summed E-state index contributed by atoms with van der Waals surface area (Å²) in [5, 5.41) is 2.88. The minimum atomic E-state index is -0.329. The lowest BCUT2D eigenvalue weighted by atomic mass is 10.2. The number of hydrogen-bond donors (Lipinski definition) is 1. The Kier molecular flexibility index (Phi) is 3.78. The molecule has 2 heterocycles. The molecule has 1 aliphatic rings. The summed E-state index contributed by atoms with van der Waals surface area (Å²) in [5.74, 6) is 0.491. The van der Waals surface area contributed by atoms with E-state index in [4.69, 9.17) is 9.15 Å². The smallest absolute Gasteiger partial charge is 0.253 e. The van der Waals surface area contributed by atoms with Crippen LogP contribution in [-0.4, -0.2) is 23.6 Å². The van der Waals surface area contributed by atoms with Crippen LogP contribution in [0.3, 0.4) is 0 Å². The van der Waals surface area contributed by atoms with Gasteiger partial charge in [-0.25, -0.2) is 4.98 Å². The first-order chi connectivity index (χ1) is 11.7. The van der Waals surface area contributed by atoms with E-state index in [1.54, 1.807) is 0 Å². The molecule has 0 aliphatic carbocycles. The number of nitrogens with one attached hydrogen (secondary N) is 1. The molecule has 1 N–H and O–H groups in total. The monoisotopic (exact) mass is 322 g/mol. The molecule has 0 saturated carbocycles. The molecule has 4 rings (SSSR count). The summed E-state index contributed by atoms with van der Waals surface area (Å²) in [6, 6.07) is 13.4. The van der Waals surface area contributed by atoms with E-state index in [0.717, 1.165) is 40.8 Å². The molecule has 0 bridgehead atoms. The minimum Gasteiger partial charge on any atom is -0.436 e. The molecule has 3 aromatic rings. The van der Waals surface area contributed by atoms with Crippen LogP contribution in [-0.2, 0) is 9.53 Å². The topological polar surface area (TPSA) is 64.4 Å². The number of carbonyl (C=O) groups is 1. The van der Waals surface area contributed by atoms with Crippen LogP contribution in [0.25, 0.3) is 22.6 Å². The van der Waals surface area contributed by atoms with Crippen LogP contribution in [0.2, 0.25) is 0 Å². The van der Waals surface area contributed by atoms with Gasteiger partial charge in [0.1, 0.15) is 11.6 Å². The lowest BCUT2D eigenvalue weighted by Gasteiger charge is -2.10. The van der Waals surface area contributed by atoms with Crippen molar-refractivity contribution in [3.8, 4) is 11.5 Å². The van der Waals surface area contributed by atoms with E-state index in [9.17, 15) is 4.79 Å². The summed E-state index contributed by atoms with van der Waals surface area (Å²) in [7, 11) is 0. The van der Waals surface area contributed by atoms with Gasteiger partial charge in [-0.05, 0) is 61.7 Å². The molecule has 5 heteroatoms. The van der Waals surface area contributed by atoms with Crippen molar-refractivity contribution in [2.75, 3.05) is 11.9 Å². The van der Waals surface area contributed by atoms with Gasteiger partial charge in [0.2, 0.25) is 5.89 Å². The van der Waals surface area contributed by atoms with Gasteiger partial charge in [-0.2, -0.15) is 0 Å². The number of nitrogens with zero attached hydrogens (tertiary/aromatic N) is 1. The largest absolute Gasteiger partial charge is 0.436 e. The molecule has 1 unspecified atom stereocenters. The van der Waals surface area contributed by atoms with E-state index in [1.165, 1.54) is 0 Å². The fourth-order valence-corrected chi connectivity index (χ4v) is 2.86. The molecule has 0 spiro atoms. The van der Waals surface area contributed by atoms with Crippen LogP contribution in [0.1, 0.15) is 18.4 Å². The van der Waals surface area contributed by atoms with Gasteiger partial charge >= 0.3 is 0 Å². The molecule has 122 valence electrons. The fraction of sp³-hybridized carbons (Fsp3) is 0.263. The number of aryl methyl sites for hydroxylation is 1. The molecule has 1 aromatic heterocycles. The van der Waals surface area contributed by atoms with Crippen molar-refractivity contribution in [2.24, 2.45) is 0 Å². The number of oxazole rings is 1. The number of fused-ring (bicyclic) bond motifs is 1. The normalized spacial score (nSPS) is 17.3. The third-order valence-corrected chi connectivity index (χ3v) is 4.16. The van der Waals surface area contributed by atoms with Crippen LogP contribution in [0, 0.1) is 6.92 Å². The quantitative estimate of drug-likeness (QED) is 0.794. The highest BCUT2D eigenvalue weighted by atomic mass is 16.5. The standard InChI is InChI=1S/C19H18N2O3/c1-12-4-9-16-15(11-12)21-19(24-16)13-5-7-14(8-6-13)20-18(22)17-3-2-10-23-17/h4-9,11,17H,2-3,10H2,1H3,(H,20,22). The second-order valence-electron chi connectivity index (χ2n) is 6.06. The molecule has 2 aromatic carbocycles. The molecular formula is C19H18N2O3. The second kappa shape index (κ2) is 6.09. The van der Waals surface area contributed by atoms with Gasteiger partial charge in [0.05, 0.1) is 0 Å². The molecule has 1 saturated heterocycles. The summed E-state index contributed by atoms with van der Waals surface area (Å²) >= 11 is 0. The molecule has 5 nitrogen and oxygen atoms in total. The number of benzene rings is 2. The zero-order valence-corrected chi connectivity index (χ0v) is 13.4. The van der Waals surface area contributed by atoms with Crippen molar-refractivity contribution in [3.05, 3.63) is 48.0 Å². The Hall–Kier alpha value is -2.66. The molecule has 1 fully saturated rings. The Labute approximate surface area is 139 Å². The number of amides is 1. The van der Waals surface area contributed by atoms with Crippen LogP contribution in [0.4, 0.5) is 5.69 Å². The minimum absolute atomic E-state index is 0.0856. The summed E-state index contributed by atoms with van der Waals surface area (Å²) in [5.41, 5.74) is 4.38. The van der Waals surface area contributed by atoms with Gasteiger partial charge < -0.3 is 14.5 Å². The Morgan fingerprint density at radius 3 is 2.79 bits per heavy atom. The molecule has 24 heavy (non-hydrogen) atoms. The SMILES string of the molecule is Cc1ccc2oc(-c3ccc(NC(=O)C4CCCO4)cc3)nc2c1. The van der Waals surface area contributed by atoms with Crippen LogP contribution in [0.15, 0.2) is 46.9 Å². The van der Waals surface area contributed by atoms with Crippen LogP contribution >= 0.6 is 0 Å². The molecule has 1 amide bonds. The van der Waals surface area contributed by atoms with E-state index < -0.39 is 0 Å². The zero-order valence-electron chi connectivity index (χ0n) is 13.4. The van der Waals surface area contributed by atoms with Crippen molar-refractivity contribution in [3.63, 3.8) is 0 Å². The predicted octanol–water partition coefficient (Wildman–Crippen LogP) is 3.92. The Morgan fingerprint density at radius 1 is 1.21 bits per heavy atom. The Bertz CT molecular complexity index is 877. The number of carbonyl (C=O) groups excluding carboxylic acids is 1. The predicted molar refractivity (Wildman–Crippen MR) is 91.8 cm³/mol. The van der Waals surface area contributed by atoms with Crippen LogP contribution in [0.5, 0.6) is 0 Å². The second-order valence-corrected chi connectivity index (χ2v) is 6.06. The number of ether oxygens (including phenoxy) is 1. The lowest BCUT2D eigenvalue weighted by molar-refractivity contribution is -0.124. The van der Waals surface area contributed by atoms with Crippen molar-refractivity contribution in [1.29, 1.82) is 0 Å². The van der Waals surface area contributed by atoms with Gasteiger partial charge in [-0.15, -0.1) is 0 Å². The van der Waals surface area contributed by atoms with Gasteiger partial charge in [0.15, 0.2) is 5.58 Å². The van der Waals surface area contributed by atoms with E-state index in [1.807, 2.05) is 49.4 Å². The number of hydrogen-bond acceptors (Lipinski definition) is 4. The van der Waals surface area contributed by atoms with Crippen molar-refractivity contribution in [2.45, 2.75) is 25.9 Å². The average molecular weight is 322 g/mol. The van der Waals surface area contributed by atoms with E-state index in [0.29, 0.717) is 12.5 Å². The zero-order chi connectivity index (χ0) is 16.5. The summed E-state index contributed by atoms with van der Waals surface area (Å²) in [6.45, 7) is 2.69. The number of aromatic nitrogens is 1. The van der Waals surface area contributed by atoms with Crippen molar-refractivity contribution >= 4 is 22.7 Å². The Balaban J connectivity index is 1.53. The number of anilines is 1. The third kappa shape index (κ3) is 2.90. The first kappa shape index (κ1) is 14.9. The summed E-state index contributed by atoms with van der Waals surface area (Å²) < 4.78 is 11.2.